The molecule has 0 heterocycles. The lowest BCUT2D eigenvalue weighted by molar-refractivity contribution is 0.588. The fraction of sp³-hybridized carbons (Fsp3) is 0.250. The largest absolute Gasteiger partial charge is 0.384 e. The molecule has 1 unspecified atom stereocenters. The highest BCUT2D eigenvalue weighted by Crippen LogP contribution is 2.14. The minimum atomic E-state index is 0.363. The van der Waals surface area contributed by atoms with E-state index in [4.69, 9.17) is 11.6 Å². The summed E-state index contributed by atoms with van der Waals surface area (Å²) < 4.78 is 0. The first-order chi connectivity index (χ1) is 9.25. The van der Waals surface area contributed by atoms with Crippen LogP contribution in [0.15, 0.2) is 54.6 Å². The Labute approximate surface area is 119 Å². The molecule has 2 rings (SSSR count). The van der Waals surface area contributed by atoms with Gasteiger partial charge in [0.15, 0.2) is 0 Å². The fourth-order valence-corrected chi connectivity index (χ4v) is 2.14. The third kappa shape index (κ3) is 4.58. The summed E-state index contributed by atoms with van der Waals surface area (Å²) in [5.41, 5.74) is 2.37. The SMILES string of the molecule is CC(NCCNc1cccc(Cl)c1)c1ccccc1. The van der Waals surface area contributed by atoms with Crippen LogP contribution < -0.4 is 10.6 Å². The van der Waals surface area contributed by atoms with Gasteiger partial charge in [-0.15, -0.1) is 0 Å². The van der Waals surface area contributed by atoms with Gasteiger partial charge >= 0.3 is 0 Å². The Morgan fingerprint density at radius 1 is 1.00 bits per heavy atom. The Bertz CT molecular complexity index is 499. The summed E-state index contributed by atoms with van der Waals surface area (Å²) in [4.78, 5) is 0. The highest BCUT2D eigenvalue weighted by Gasteiger charge is 2.02. The third-order valence-corrected chi connectivity index (χ3v) is 3.26. The molecule has 0 aliphatic heterocycles. The molecule has 0 fully saturated rings. The van der Waals surface area contributed by atoms with Crippen LogP contribution in [0.1, 0.15) is 18.5 Å². The molecule has 0 amide bonds. The van der Waals surface area contributed by atoms with E-state index < -0.39 is 0 Å². The zero-order valence-electron chi connectivity index (χ0n) is 11.1. The molecule has 2 nitrogen and oxygen atoms in total. The van der Waals surface area contributed by atoms with Crippen molar-refractivity contribution in [2.75, 3.05) is 18.4 Å². The van der Waals surface area contributed by atoms with Crippen LogP contribution in [0.4, 0.5) is 5.69 Å². The minimum Gasteiger partial charge on any atom is -0.384 e. The lowest BCUT2D eigenvalue weighted by Gasteiger charge is -2.14. The molecular formula is C16H19ClN2. The molecule has 2 aromatic rings. The van der Waals surface area contributed by atoms with Crippen molar-refractivity contribution in [2.45, 2.75) is 13.0 Å². The highest BCUT2D eigenvalue weighted by atomic mass is 35.5. The van der Waals surface area contributed by atoms with Gasteiger partial charge in [-0.3, -0.25) is 0 Å². The first-order valence-corrected chi connectivity index (χ1v) is 6.91. The predicted octanol–water partition coefficient (Wildman–Crippen LogP) is 4.10. The van der Waals surface area contributed by atoms with E-state index in [-0.39, 0.29) is 0 Å². The van der Waals surface area contributed by atoms with Gasteiger partial charge < -0.3 is 10.6 Å². The van der Waals surface area contributed by atoms with Gasteiger partial charge in [-0.25, -0.2) is 0 Å². The zero-order chi connectivity index (χ0) is 13.5. The van der Waals surface area contributed by atoms with Crippen LogP contribution in [0.5, 0.6) is 0 Å². The molecule has 0 aliphatic rings. The maximum absolute atomic E-state index is 5.93. The molecule has 0 radical (unpaired) electrons. The van der Waals surface area contributed by atoms with E-state index in [0.29, 0.717) is 6.04 Å². The van der Waals surface area contributed by atoms with E-state index in [1.54, 1.807) is 0 Å². The molecule has 3 heteroatoms. The van der Waals surface area contributed by atoms with E-state index >= 15 is 0 Å². The first-order valence-electron chi connectivity index (χ1n) is 6.53. The van der Waals surface area contributed by atoms with E-state index in [0.717, 1.165) is 23.8 Å². The molecular weight excluding hydrogens is 256 g/mol. The van der Waals surface area contributed by atoms with Crippen molar-refractivity contribution < 1.29 is 0 Å². The van der Waals surface area contributed by atoms with Crippen molar-refractivity contribution in [3.8, 4) is 0 Å². The number of benzene rings is 2. The maximum atomic E-state index is 5.93. The average Bonchev–Trinajstić information content (AvgIpc) is 2.44. The topological polar surface area (TPSA) is 24.1 Å². The van der Waals surface area contributed by atoms with Crippen molar-refractivity contribution in [2.24, 2.45) is 0 Å². The quantitative estimate of drug-likeness (QED) is 0.775. The Kier molecular flexibility index (Phi) is 5.25. The molecule has 0 aliphatic carbocycles. The molecule has 100 valence electrons. The van der Waals surface area contributed by atoms with Crippen LogP contribution in [0.2, 0.25) is 5.02 Å². The van der Waals surface area contributed by atoms with Gasteiger partial charge in [0.1, 0.15) is 0 Å². The molecule has 0 saturated heterocycles. The Hall–Kier alpha value is -1.51. The Morgan fingerprint density at radius 3 is 2.53 bits per heavy atom. The number of halogens is 1. The lowest BCUT2D eigenvalue weighted by atomic mass is 10.1. The highest BCUT2D eigenvalue weighted by molar-refractivity contribution is 6.30. The second-order valence-corrected chi connectivity index (χ2v) is 4.96. The fourth-order valence-electron chi connectivity index (χ4n) is 1.95. The van der Waals surface area contributed by atoms with Gasteiger partial charge in [0.05, 0.1) is 0 Å². The summed E-state index contributed by atoms with van der Waals surface area (Å²) in [6.45, 7) is 3.95. The van der Waals surface area contributed by atoms with Crippen molar-refractivity contribution >= 4 is 17.3 Å². The van der Waals surface area contributed by atoms with Crippen molar-refractivity contribution in [1.82, 2.24) is 5.32 Å². The summed E-state index contributed by atoms with van der Waals surface area (Å²) >= 11 is 5.93. The van der Waals surface area contributed by atoms with Crippen LogP contribution >= 0.6 is 11.6 Å². The van der Waals surface area contributed by atoms with Crippen LogP contribution in [-0.2, 0) is 0 Å². The smallest absolute Gasteiger partial charge is 0.0426 e. The molecule has 0 aromatic heterocycles. The minimum absolute atomic E-state index is 0.363. The van der Waals surface area contributed by atoms with Crippen molar-refractivity contribution in [3.05, 3.63) is 65.2 Å². The van der Waals surface area contributed by atoms with Gasteiger partial charge in [0.25, 0.3) is 0 Å². The number of rotatable bonds is 6. The van der Waals surface area contributed by atoms with E-state index in [1.165, 1.54) is 5.56 Å². The molecule has 19 heavy (non-hydrogen) atoms. The van der Waals surface area contributed by atoms with Gasteiger partial charge in [-0.2, -0.15) is 0 Å². The summed E-state index contributed by atoms with van der Waals surface area (Å²) in [5, 5.41) is 7.59. The van der Waals surface area contributed by atoms with E-state index in [2.05, 4.69) is 41.8 Å². The summed E-state index contributed by atoms with van der Waals surface area (Å²) in [6, 6.07) is 18.6. The van der Waals surface area contributed by atoms with Gasteiger partial charge in [-0.1, -0.05) is 48.0 Å². The Balaban J connectivity index is 1.72. The van der Waals surface area contributed by atoms with Crippen LogP contribution in [0, 0.1) is 0 Å². The zero-order valence-corrected chi connectivity index (χ0v) is 11.8. The molecule has 0 spiro atoms. The molecule has 0 bridgehead atoms. The summed E-state index contributed by atoms with van der Waals surface area (Å²) in [7, 11) is 0. The van der Waals surface area contributed by atoms with Crippen LogP contribution in [0.25, 0.3) is 0 Å². The molecule has 0 saturated carbocycles. The number of nitrogens with one attached hydrogen (secondary N) is 2. The van der Waals surface area contributed by atoms with Gasteiger partial charge in [-0.05, 0) is 30.7 Å². The second kappa shape index (κ2) is 7.17. The van der Waals surface area contributed by atoms with Crippen LogP contribution in [0.3, 0.4) is 0 Å². The monoisotopic (exact) mass is 274 g/mol. The maximum Gasteiger partial charge on any atom is 0.0426 e. The normalized spacial score (nSPS) is 12.1. The first kappa shape index (κ1) is 13.9. The average molecular weight is 275 g/mol. The number of anilines is 1. The molecule has 2 aromatic carbocycles. The van der Waals surface area contributed by atoms with Crippen molar-refractivity contribution in [1.29, 1.82) is 0 Å². The molecule has 1 atom stereocenters. The predicted molar refractivity (Wildman–Crippen MR) is 82.8 cm³/mol. The van der Waals surface area contributed by atoms with E-state index in [9.17, 15) is 0 Å². The molecule has 2 N–H and O–H groups in total. The van der Waals surface area contributed by atoms with Gasteiger partial charge in [0.2, 0.25) is 0 Å². The third-order valence-electron chi connectivity index (χ3n) is 3.03. The lowest BCUT2D eigenvalue weighted by Crippen LogP contribution is -2.25. The second-order valence-electron chi connectivity index (χ2n) is 4.52. The van der Waals surface area contributed by atoms with Gasteiger partial charge in [0, 0.05) is 29.8 Å². The van der Waals surface area contributed by atoms with Crippen molar-refractivity contribution in [3.63, 3.8) is 0 Å². The number of hydrogen-bond donors (Lipinski definition) is 2. The Morgan fingerprint density at radius 2 is 1.79 bits per heavy atom. The summed E-state index contributed by atoms with van der Waals surface area (Å²) in [5.74, 6) is 0. The van der Waals surface area contributed by atoms with E-state index in [1.807, 2.05) is 30.3 Å². The van der Waals surface area contributed by atoms with Crippen LogP contribution in [-0.4, -0.2) is 13.1 Å². The summed E-state index contributed by atoms with van der Waals surface area (Å²) in [6.07, 6.45) is 0. The standard InChI is InChI=1S/C16H19ClN2/c1-13(14-6-3-2-4-7-14)18-10-11-19-16-9-5-8-15(17)12-16/h2-9,12-13,18-19H,10-11H2,1H3. The number of hydrogen-bond acceptors (Lipinski definition) is 2.